The number of hydrogen-bond acceptors (Lipinski definition) is 15. The monoisotopic (exact) mass is 885 g/mol. The quantitative estimate of drug-likeness (QED) is 0.0906. The van der Waals surface area contributed by atoms with Crippen molar-refractivity contribution in [2.24, 2.45) is 5.92 Å². The molecule has 2 aliphatic heterocycles. The first kappa shape index (κ1) is 43.9. The number of fused-ring (bicyclic) bond motifs is 2. The summed E-state index contributed by atoms with van der Waals surface area (Å²) < 4.78 is 72.0. The van der Waals surface area contributed by atoms with Crippen molar-refractivity contribution in [2.75, 3.05) is 17.7 Å². The minimum atomic E-state index is -4.15. The maximum Gasteiger partial charge on any atom is 0.695 e. The second kappa shape index (κ2) is 16.9. The van der Waals surface area contributed by atoms with Crippen LogP contribution in [-0.4, -0.2) is 114 Å². The van der Waals surface area contributed by atoms with E-state index in [1.807, 2.05) is 33.9 Å². The number of nitrogens with one attached hydrogen (secondary N) is 2. The van der Waals surface area contributed by atoms with Crippen molar-refractivity contribution in [1.82, 2.24) is 43.8 Å². The maximum absolute atomic E-state index is 14.1. The van der Waals surface area contributed by atoms with Gasteiger partial charge in [-0.15, -0.1) is 9.42 Å². The third-order valence-corrected chi connectivity index (χ3v) is 17.9. The van der Waals surface area contributed by atoms with Crippen LogP contribution in [0, 0.1) is 19.8 Å². The standard InChI is InChI=1S/C37H49N10O10PSSi/c1-20-25(16-48)55-35(47-18-40-27-21(2)42-22(3)43-33(27)47)26(20)45-59(52,53)15-14-24-29(56-58(50)51)30(57-60(7,8)37(4,5)6)36(54-24)46-19-41-28-31(38-17-39-32(28)46)44-34(49)23-12-10-9-11-13-23/h9-13,17-20,24-26,29-30,35-36,45,48H,14-16H2,1-8H3,(H-,38,39,44,49,50,51)/p+1/t20-,24+,25+,26?,29-,30?,35+,36+/m0/s1. The number of ether oxygens (including phenoxy) is 2. The first-order chi connectivity index (χ1) is 28.3. The number of imidazole rings is 2. The molecule has 60 heavy (non-hydrogen) atoms. The van der Waals surface area contributed by atoms with Crippen LogP contribution in [0.25, 0.3) is 22.3 Å². The summed E-state index contributed by atoms with van der Waals surface area (Å²) >= 11 is 0. The molecule has 20 nitrogen and oxygen atoms in total. The normalized spacial score (nSPS) is 25.3. The van der Waals surface area contributed by atoms with Gasteiger partial charge in [-0.3, -0.25) is 13.9 Å². The Morgan fingerprint density at radius 1 is 0.950 bits per heavy atom. The highest BCUT2D eigenvalue weighted by Gasteiger charge is 2.55. The molecule has 4 N–H and O–H groups in total. The van der Waals surface area contributed by atoms with Gasteiger partial charge in [0.2, 0.25) is 10.0 Å². The number of rotatable bonds is 14. The number of anilines is 1. The summed E-state index contributed by atoms with van der Waals surface area (Å²) in [5.74, 6) is -0.736. The summed E-state index contributed by atoms with van der Waals surface area (Å²) in [7, 11) is -10.0. The Labute approximate surface area is 348 Å². The molecule has 0 saturated carbocycles. The van der Waals surface area contributed by atoms with Crippen LogP contribution in [0.2, 0.25) is 18.1 Å². The van der Waals surface area contributed by atoms with Gasteiger partial charge in [0.15, 0.2) is 49.5 Å². The Balaban J connectivity index is 1.18. The molecule has 0 aliphatic carbocycles. The summed E-state index contributed by atoms with van der Waals surface area (Å²) in [6.45, 7) is 15.1. The number of carbonyl (C=O) groups excluding carboxylic acids is 1. The van der Waals surface area contributed by atoms with Crippen molar-refractivity contribution in [3.8, 4) is 0 Å². The highest BCUT2D eigenvalue weighted by molar-refractivity contribution is 7.89. The van der Waals surface area contributed by atoms with E-state index in [-0.39, 0.29) is 35.0 Å². The summed E-state index contributed by atoms with van der Waals surface area (Å²) in [5, 5.41) is 12.6. The lowest BCUT2D eigenvalue weighted by Crippen LogP contribution is -2.49. The second-order valence-electron chi connectivity index (χ2n) is 16.6. The smallest absolute Gasteiger partial charge is 0.406 e. The molecular weight excluding hydrogens is 836 g/mol. The highest BCUT2D eigenvalue weighted by atomic mass is 32.2. The van der Waals surface area contributed by atoms with E-state index in [1.54, 1.807) is 60.2 Å². The van der Waals surface area contributed by atoms with E-state index >= 15 is 0 Å². The van der Waals surface area contributed by atoms with Gasteiger partial charge in [0.1, 0.15) is 23.8 Å². The lowest BCUT2D eigenvalue weighted by atomic mass is 9.99. The zero-order valence-corrected chi connectivity index (χ0v) is 37.2. The van der Waals surface area contributed by atoms with Crippen LogP contribution < -0.4 is 10.0 Å². The Morgan fingerprint density at radius 2 is 1.62 bits per heavy atom. The van der Waals surface area contributed by atoms with Gasteiger partial charge in [0.05, 0.1) is 49.0 Å². The molecule has 6 heterocycles. The predicted molar refractivity (Wildman–Crippen MR) is 221 cm³/mol. The summed E-state index contributed by atoms with van der Waals surface area (Å²) in [6, 6.07) is 7.75. The van der Waals surface area contributed by atoms with Gasteiger partial charge in [-0.2, -0.15) is 0 Å². The fraction of sp³-hybridized carbons (Fsp3) is 0.541. The topological polar surface area (TPSA) is 257 Å². The van der Waals surface area contributed by atoms with Crippen LogP contribution >= 0.6 is 8.25 Å². The summed E-state index contributed by atoms with van der Waals surface area (Å²) in [6.07, 6.45) is -1.98. The minimum Gasteiger partial charge on any atom is -0.406 e. The van der Waals surface area contributed by atoms with Crippen molar-refractivity contribution < 1.29 is 46.2 Å². The van der Waals surface area contributed by atoms with Crippen LogP contribution in [0.1, 0.15) is 68.4 Å². The molecule has 2 fully saturated rings. The molecule has 7 rings (SSSR count). The van der Waals surface area contributed by atoms with E-state index in [9.17, 15) is 27.8 Å². The zero-order valence-electron chi connectivity index (χ0n) is 34.5. The highest BCUT2D eigenvalue weighted by Crippen LogP contribution is 2.46. The molecule has 1 amide bonds. The van der Waals surface area contributed by atoms with Crippen LogP contribution in [-0.2, 0) is 33.0 Å². The Hall–Kier alpha value is -4.22. The van der Waals surface area contributed by atoms with Crippen LogP contribution in [0.4, 0.5) is 5.82 Å². The maximum atomic E-state index is 14.1. The van der Waals surface area contributed by atoms with Gasteiger partial charge >= 0.3 is 8.25 Å². The fourth-order valence-corrected chi connectivity index (χ4v) is 10.5. The molecule has 2 aliphatic rings. The molecule has 4 aromatic heterocycles. The number of aryl methyl sites for hydroxylation is 2. The number of amides is 1. The number of aromatic nitrogens is 8. The average molecular weight is 886 g/mol. The number of benzene rings is 1. The van der Waals surface area contributed by atoms with Gasteiger partial charge in [0.25, 0.3) is 5.91 Å². The third kappa shape index (κ3) is 8.76. The number of hydrogen-bond donors (Lipinski definition) is 4. The molecule has 2 saturated heterocycles. The van der Waals surface area contributed by atoms with Gasteiger partial charge in [-0.05, 0) is 50.5 Å². The summed E-state index contributed by atoms with van der Waals surface area (Å²) in [5.41, 5.74) is 2.54. The van der Waals surface area contributed by atoms with E-state index in [4.69, 9.17) is 18.4 Å². The largest absolute Gasteiger partial charge is 0.695 e. The second-order valence-corrected chi connectivity index (χ2v) is 23.9. The molecule has 0 bridgehead atoms. The lowest BCUT2D eigenvalue weighted by molar-refractivity contribution is -0.0323. The number of nitrogens with zero attached hydrogens (tertiary/aromatic N) is 8. The zero-order chi connectivity index (χ0) is 43.3. The van der Waals surface area contributed by atoms with E-state index in [0.29, 0.717) is 28.2 Å². The van der Waals surface area contributed by atoms with E-state index in [2.05, 4.69) is 39.9 Å². The van der Waals surface area contributed by atoms with E-state index in [1.165, 1.54) is 19.0 Å². The molecule has 322 valence electrons. The molecular formula is C37H50N10O10PSSi+. The minimum absolute atomic E-state index is 0.140. The number of aliphatic hydroxyl groups is 1. The predicted octanol–water partition coefficient (Wildman–Crippen LogP) is 4.06. The number of sulfonamides is 1. The summed E-state index contributed by atoms with van der Waals surface area (Å²) in [4.78, 5) is 49.9. The van der Waals surface area contributed by atoms with Crippen molar-refractivity contribution in [2.45, 2.75) is 109 Å². The Morgan fingerprint density at radius 3 is 2.28 bits per heavy atom. The van der Waals surface area contributed by atoms with Gasteiger partial charge in [-0.25, -0.2) is 43.0 Å². The fourth-order valence-electron chi connectivity index (χ4n) is 7.35. The van der Waals surface area contributed by atoms with Crippen LogP contribution in [0.5, 0.6) is 0 Å². The molecule has 1 aromatic carbocycles. The molecule has 0 radical (unpaired) electrons. The Bertz CT molecular complexity index is 2500. The molecule has 23 heteroatoms. The molecule has 0 spiro atoms. The molecule has 9 atom stereocenters. The lowest BCUT2D eigenvalue weighted by Gasteiger charge is -2.40. The first-order valence-electron chi connectivity index (χ1n) is 19.4. The van der Waals surface area contributed by atoms with Gasteiger partial charge in [0, 0.05) is 16.0 Å². The molecule has 3 unspecified atom stereocenters. The number of aliphatic hydroxyl groups excluding tert-OH is 1. The average Bonchev–Trinajstić information content (AvgIpc) is 3.95. The van der Waals surface area contributed by atoms with Crippen molar-refractivity contribution in [3.05, 3.63) is 66.4 Å². The van der Waals surface area contributed by atoms with E-state index < -0.39 is 87.1 Å². The van der Waals surface area contributed by atoms with Crippen molar-refractivity contribution >= 4 is 60.6 Å². The third-order valence-electron chi connectivity index (χ3n) is 11.6. The SMILES string of the molecule is Cc1nc(C)c2ncn([C@@H]3O[C@H](CO)[C@H](C)C3NS(=O)(=O)CC[C@H]3O[C@@H](n4cnc5c(NC(=O)c6ccccc6)ncnc54)C(O[Si](C)(C)C(C)(C)C)[C@H]3O[P+](=O)O)c2n1. The van der Waals surface area contributed by atoms with Crippen LogP contribution in [0.3, 0.4) is 0 Å². The first-order valence-corrected chi connectivity index (χ1v) is 25.1. The van der Waals surface area contributed by atoms with Gasteiger partial charge in [-0.1, -0.05) is 45.9 Å². The van der Waals surface area contributed by atoms with Gasteiger partial charge < -0.3 is 24.3 Å². The van der Waals surface area contributed by atoms with Crippen molar-refractivity contribution in [1.29, 1.82) is 0 Å². The Kier molecular flexibility index (Phi) is 12.4. The van der Waals surface area contributed by atoms with Crippen molar-refractivity contribution in [3.63, 3.8) is 0 Å². The number of carbonyl (C=O) groups is 1. The molecule has 5 aromatic rings. The van der Waals surface area contributed by atoms with Crippen LogP contribution in [0.15, 0.2) is 49.3 Å². The van der Waals surface area contributed by atoms with E-state index in [0.717, 1.165) is 0 Å².